The van der Waals surface area contributed by atoms with Gasteiger partial charge < -0.3 is 0 Å². The number of hydrogen-bond donors (Lipinski definition) is 0. The summed E-state index contributed by atoms with van der Waals surface area (Å²) in [6, 6.07) is 14.1. The van der Waals surface area contributed by atoms with E-state index in [1.54, 1.807) is 6.07 Å². The van der Waals surface area contributed by atoms with E-state index in [1.165, 1.54) is 11.1 Å². The van der Waals surface area contributed by atoms with Gasteiger partial charge in [0.05, 0.1) is 0 Å². The van der Waals surface area contributed by atoms with Crippen LogP contribution in [-0.4, -0.2) is 0 Å². The molecule has 0 spiro atoms. The molecule has 2 rings (SSSR count). The highest BCUT2D eigenvalue weighted by molar-refractivity contribution is 9.10. The molecule has 23 heavy (non-hydrogen) atoms. The van der Waals surface area contributed by atoms with Gasteiger partial charge in [0, 0.05) is 14.5 Å². The highest BCUT2D eigenvalue weighted by Gasteiger charge is 2.14. The van der Waals surface area contributed by atoms with Gasteiger partial charge >= 0.3 is 0 Å². The fourth-order valence-corrected chi connectivity index (χ4v) is 2.73. The number of benzene rings is 2. The summed E-state index contributed by atoms with van der Waals surface area (Å²) >= 11 is 15.2. The molecule has 0 radical (unpaired) electrons. The van der Waals surface area contributed by atoms with Crippen molar-refractivity contribution in [2.24, 2.45) is 0 Å². The van der Waals surface area contributed by atoms with Crippen LogP contribution in [0.5, 0.6) is 0 Å². The van der Waals surface area contributed by atoms with Crippen LogP contribution in [0.4, 0.5) is 0 Å². The second-order valence-corrected chi connectivity index (χ2v) is 9.45. The Morgan fingerprint density at radius 1 is 0.652 bits per heavy atom. The Labute approximate surface area is 159 Å². The molecule has 0 saturated carbocycles. The van der Waals surface area contributed by atoms with Crippen molar-refractivity contribution < 1.29 is 0 Å². The van der Waals surface area contributed by atoms with Crippen molar-refractivity contribution >= 4 is 39.1 Å². The summed E-state index contributed by atoms with van der Waals surface area (Å²) in [5, 5.41) is 1.40. The first-order valence-electron chi connectivity index (χ1n) is 7.62. The molecule has 0 N–H and O–H groups in total. The van der Waals surface area contributed by atoms with Gasteiger partial charge in [-0.05, 0) is 52.3 Å². The molecule has 0 aliphatic rings. The third-order valence-corrected chi connectivity index (χ3v) is 4.40. The molecule has 2 aromatic rings. The summed E-state index contributed by atoms with van der Waals surface area (Å²) in [6.07, 6.45) is 0. The lowest BCUT2D eigenvalue weighted by atomic mass is 9.87. The van der Waals surface area contributed by atoms with E-state index in [0.717, 1.165) is 4.47 Å². The Morgan fingerprint density at radius 3 is 1.39 bits per heavy atom. The van der Waals surface area contributed by atoms with E-state index in [0.29, 0.717) is 10.0 Å². The average Bonchev–Trinajstić information content (AvgIpc) is 2.36. The van der Waals surface area contributed by atoms with Gasteiger partial charge in [-0.1, -0.05) is 92.8 Å². The van der Waals surface area contributed by atoms with Crippen molar-refractivity contribution in [1.29, 1.82) is 0 Å². The van der Waals surface area contributed by atoms with Gasteiger partial charge in [0.15, 0.2) is 0 Å². The molecule has 0 aromatic heterocycles. The second-order valence-electron chi connectivity index (χ2n) is 7.67. The smallest absolute Gasteiger partial charge is 0.0423 e. The van der Waals surface area contributed by atoms with E-state index >= 15 is 0 Å². The summed E-state index contributed by atoms with van der Waals surface area (Å²) in [5.74, 6) is 0. The maximum atomic E-state index is 5.87. The van der Waals surface area contributed by atoms with Gasteiger partial charge in [-0.2, -0.15) is 0 Å². The second kappa shape index (κ2) is 8.05. The minimum absolute atomic E-state index is 0.106. The van der Waals surface area contributed by atoms with Gasteiger partial charge in [-0.15, -0.1) is 0 Å². The maximum Gasteiger partial charge on any atom is 0.0423 e. The summed E-state index contributed by atoms with van der Waals surface area (Å²) in [5.41, 5.74) is 2.91. The lowest BCUT2D eigenvalue weighted by Gasteiger charge is -2.19. The zero-order valence-electron chi connectivity index (χ0n) is 14.7. The molecule has 0 fully saturated rings. The van der Waals surface area contributed by atoms with E-state index in [4.69, 9.17) is 23.2 Å². The Kier molecular flexibility index (Phi) is 7.19. The van der Waals surface area contributed by atoms with Crippen LogP contribution in [-0.2, 0) is 10.8 Å². The number of rotatable bonds is 0. The molecule has 0 amide bonds. The highest BCUT2D eigenvalue weighted by Crippen LogP contribution is 2.28. The molecule has 3 heteroatoms. The Bertz CT molecular complexity index is 612. The van der Waals surface area contributed by atoms with Crippen LogP contribution in [0.3, 0.4) is 0 Å². The minimum atomic E-state index is 0.106. The average molecular weight is 416 g/mol. The predicted octanol–water partition coefficient (Wildman–Crippen LogP) is 8.04. The normalized spacial score (nSPS) is 11.7. The lowest BCUT2D eigenvalue weighted by Crippen LogP contribution is -2.10. The fraction of sp³-hybridized carbons (Fsp3) is 0.400. The van der Waals surface area contributed by atoms with E-state index in [2.05, 4.69) is 81.7 Å². The summed E-state index contributed by atoms with van der Waals surface area (Å²) < 4.78 is 1.14. The number of halogens is 3. The van der Waals surface area contributed by atoms with Crippen LogP contribution < -0.4 is 0 Å². The first-order chi connectivity index (χ1) is 10.4. The fourth-order valence-electron chi connectivity index (χ4n) is 1.94. The van der Waals surface area contributed by atoms with Crippen molar-refractivity contribution in [1.82, 2.24) is 0 Å². The van der Waals surface area contributed by atoms with E-state index in [9.17, 15) is 0 Å². The standard InChI is InChI=1S/C10H13Br.C10H12Cl2/c1-10(2,3)8-4-6-9(11)7-5-8;1-10(2,3)7-4-8(11)6-9(12)5-7/h4-7H,1-3H3;4-6H,1-3H3. The molecule has 126 valence electrons. The Hall–Kier alpha value is -0.500. The SMILES string of the molecule is CC(C)(C)c1cc(Cl)cc(Cl)c1.CC(C)(C)c1ccc(Br)cc1. The third kappa shape index (κ3) is 7.28. The first-order valence-corrected chi connectivity index (χ1v) is 9.17. The van der Waals surface area contributed by atoms with Gasteiger partial charge in [-0.25, -0.2) is 0 Å². The zero-order valence-corrected chi connectivity index (χ0v) is 17.8. The van der Waals surface area contributed by atoms with Crippen LogP contribution in [0.2, 0.25) is 10.0 Å². The predicted molar refractivity (Wildman–Crippen MR) is 108 cm³/mol. The number of hydrogen-bond acceptors (Lipinski definition) is 0. The molecule has 0 unspecified atom stereocenters. The largest absolute Gasteiger partial charge is 0.0843 e. The maximum absolute atomic E-state index is 5.87. The molecule has 0 atom stereocenters. The van der Waals surface area contributed by atoms with Crippen LogP contribution in [0.25, 0.3) is 0 Å². The Balaban J connectivity index is 0.000000231. The molecule has 0 saturated heterocycles. The zero-order chi connectivity index (χ0) is 17.8. The topological polar surface area (TPSA) is 0 Å². The summed E-state index contributed by atoms with van der Waals surface area (Å²) in [6.45, 7) is 13.1. The van der Waals surface area contributed by atoms with Gasteiger partial charge in [0.2, 0.25) is 0 Å². The molecule has 0 aliphatic heterocycles. The highest BCUT2D eigenvalue weighted by atomic mass is 79.9. The van der Waals surface area contributed by atoms with E-state index < -0.39 is 0 Å². The van der Waals surface area contributed by atoms with Crippen molar-refractivity contribution in [3.63, 3.8) is 0 Å². The lowest BCUT2D eigenvalue weighted by molar-refractivity contribution is 0.590. The van der Waals surface area contributed by atoms with Gasteiger partial charge in [0.25, 0.3) is 0 Å². The first kappa shape index (κ1) is 20.5. The summed E-state index contributed by atoms with van der Waals surface area (Å²) in [7, 11) is 0. The van der Waals surface area contributed by atoms with Crippen LogP contribution >= 0.6 is 39.1 Å². The quantitative estimate of drug-likeness (QED) is 0.408. The minimum Gasteiger partial charge on any atom is -0.0843 e. The van der Waals surface area contributed by atoms with Crippen molar-refractivity contribution in [2.75, 3.05) is 0 Å². The van der Waals surface area contributed by atoms with Crippen molar-refractivity contribution in [3.8, 4) is 0 Å². The molecular formula is C20H25BrCl2. The Morgan fingerprint density at radius 2 is 1.04 bits per heavy atom. The van der Waals surface area contributed by atoms with Gasteiger partial charge in [-0.3, -0.25) is 0 Å². The van der Waals surface area contributed by atoms with Gasteiger partial charge in [0.1, 0.15) is 0 Å². The molecule has 2 aromatic carbocycles. The van der Waals surface area contributed by atoms with E-state index in [1.807, 2.05) is 12.1 Å². The molecular weight excluding hydrogens is 391 g/mol. The molecule has 0 bridgehead atoms. The van der Waals surface area contributed by atoms with Crippen molar-refractivity contribution in [2.45, 2.75) is 52.4 Å². The van der Waals surface area contributed by atoms with Crippen LogP contribution in [0, 0.1) is 0 Å². The molecule has 0 aliphatic carbocycles. The monoisotopic (exact) mass is 414 g/mol. The van der Waals surface area contributed by atoms with Crippen LogP contribution in [0.15, 0.2) is 46.9 Å². The summed E-state index contributed by atoms with van der Waals surface area (Å²) in [4.78, 5) is 0. The van der Waals surface area contributed by atoms with E-state index in [-0.39, 0.29) is 10.8 Å². The molecule has 0 heterocycles. The molecule has 0 nitrogen and oxygen atoms in total. The van der Waals surface area contributed by atoms with Crippen LogP contribution in [0.1, 0.15) is 52.7 Å². The third-order valence-electron chi connectivity index (χ3n) is 3.44. The van der Waals surface area contributed by atoms with Crippen molar-refractivity contribution in [3.05, 3.63) is 68.1 Å².